The summed E-state index contributed by atoms with van der Waals surface area (Å²) in [6.07, 6.45) is 5.89. The Kier molecular flexibility index (Phi) is 3.41. The predicted octanol–water partition coefficient (Wildman–Crippen LogP) is 0.261. The lowest BCUT2D eigenvalue weighted by Crippen LogP contribution is -2.46. The number of nitrogens with zero attached hydrogens (tertiary/aromatic N) is 2. The highest BCUT2D eigenvalue weighted by molar-refractivity contribution is 5.91. The summed E-state index contributed by atoms with van der Waals surface area (Å²) >= 11 is 0. The number of carboxylic acids is 1. The maximum absolute atomic E-state index is 12.5. The van der Waals surface area contributed by atoms with Crippen LogP contribution in [0.2, 0.25) is 0 Å². The van der Waals surface area contributed by atoms with Gasteiger partial charge in [-0.25, -0.2) is 9.97 Å². The van der Waals surface area contributed by atoms with Gasteiger partial charge in [-0.1, -0.05) is 24.3 Å². The number of carbonyl (C=O) groups excluding carboxylic acids is 2. The lowest BCUT2D eigenvalue weighted by atomic mass is 9.82. The number of carbonyl (C=O) groups is 2. The van der Waals surface area contributed by atoms with Crippen LogP contribution in [0.5, 0.6) is 0 Å². The SMILES string of the molecule is O=C([O-])[C@@H]1[C@H](C(=O)NNc2ncnc3ccccc23)[C@H]2C=C[C@H]1C2. The second-order valence-corrected chi connectivity index (χ2v) is 6.17. The maximum Gasteiger partial charge on any atom is 0.242 e. The van der Waals surface area contributed by atoms with Crippen LogP contribution in [-0.2, 0) is 9.59 Å². The van der Waals surface area contributed by atoms with Gasteiger partial charge < -0.3 is 9.90 Å². The number of amides is 1. The quantitative estimate of drug-likeness (QED) is 0.617. The average molecular weight is 323 g/mol. The minimum Gasteiger partial charge on any atom is -0.550 e. The number of nitrogens with one attached hydrogen (secondary N) is 2. The number of hydrazine groups is 1. The van der Waals surface area contributed by atoms with Gasteiger partial charge in [0.15, 0.2) is 5.82 Å². The smallest absolute Gasteiger partial charge is 0.242 e. The Balaban J connectivity index is 1.52. The van der Waals surface area contributed by atoms with Crippen LogP contribution in [0.15, 0.2) is 42.7 Å². The molecule has 1 heterocycles. The lowest BCUT2D eigenvalue weighted by Gasteiger charge is -2.27. The van der Waals surface area contributed by atoms with Gasteiger partial charge in [0.25, 0.3) is 0 Å². The van der Waals surface area contributed by atoms with E-state index in [-0.39, 0.29) is 17.7 Å². The molecule has 0 radical (unpaired) electrons. The standard InChI is InChI=1S/C17H16N4O3/c22-16(13-9-5-6-10(7-9)14(13)17(23)24)21-20-15-11-3-1-2-4-12(11)18-8-19-15/h1-6,8-10,13-14H,7H2,(H,21,22)(H,23,24)(H,18,19,20)/p-1/t9-,10-,13+,14-/m0/s1. The Morgan fingerprint density at radius 3 is 2.62 bits per heavy atom. The number of aliphatic carboxylic acids is 1. The van der Waals surface area contributed by atoms with Gasteiger partial charge >= 0.3 is 0 Å². The molecular formula is C17H15N4O3-. The molecule has 1 aromatic heterocycles. The van der Waals surface area contributed by atoms with Crippen LogP contribution in [0.1, 0.15) is 6.42 Å². The van der Waals surface area contributed by atoms with Crippen molar-refractivity contribution in [1.82, 2.24) is 15.4 Å². The van der Waals surface area contributed by atoms with E-state index in [1.54, 1.807) is 0 Å². The molecular weight excluding hydrogens is 308 g/mol. The Bertz CT molecular complexity index is 845. The Hall–Kier alpha value is -2.96. The molecule has 2 aliphatic carbocycles. The van der Waals surface area contributed by atoms with Crippen molar-refractivity contribution in [3.63, 3.8) is 0 Å². The number of aromatic nitrogens is 2. The highest BCUT2D eigenvalue weighted by Gasteiger charge is 2.48. The number of benzene rings is 1. The van der Waals surface area contributed by atoms with Crippen LogP contribution < -0.4 is 16.0 Å². The van der Waals surface area contributed by atoms with Crippen molar-refractivity contribution in [2.75, 3.05) is 5.43 Å². The van der Waals surface area contributed by atoms with Gasteiger partial charge in [-0.15, -0.1) is 0 Å². The molecule has 0 saturated heterocycles. The third kappa shape index (κ3) is 2.29. The third-order valence-corrected chi connectivity index (χ3v) is 4.88. The lowest BCUT2D eigenvalue weighted by molar-refractivity contribution is -0.313. The van der Waals surface area contributed by atoms with Crippen LogP contribution in [0.25, 0.3) is 10.9 Å². The first-order chi connectivity index (χ1) is 11.6. The third-order valence-electron chi connectivity index (χ3n) is 4.88. The molecule has 122 valence electrons. The first-order valence-corrected chi connectivity index (χ1v) is 7.80. The maximum atomic E-state index is 12.5. The van der Waals surface area contributed by atoms with E-state index in [0.717, 1.165) is 10.9 Å². The summed E-state index contributed by atoms with van der Waals surface area (Å²) in [5, 5.41) is 12.2. The number of allylic oxidation sites excluding steroid dienone is 2. The molecule has 7 heteroatoms. The molecule has 4 atom stereocenters. The molecule has 0 unspecified atom stereocenters. The summed E-state index contributed by atoms with van der Waals surface area (Å²) in [4.78, 5) is 32.2. The zero-order valence-electron chi connectivity index (χ0n) is 12.7. The van der Waals surface area contributed by atoms with Gasteiger partial charge in [0, 0.05) is 17.3 Å². The summed E-state index contributed by atoms with van der Waals surface area (Å²) in [6, 6.07) is 7.40. The zero-order valence-corrected chi connectivity index (χ0v) is 12.7. The summed E-state index contributed by atoms with van der Waals surface area (Å²) in [5.41, 5.74) is 6.14. The Morgan fingerprint density at radius 1 is 1.08 bits per heavy atom. The number of anilines is 1. The topological polar surface area (TPSA) is 107 Å². The molecule has 2 aromatic rings. The van der Waals surface area contributed by atoms with Crippen molar-refractivity contribution < 1.29 is 14.7 Å². The average Bonchev–Trinajstić information content (AvgIpc) is 3.20. The van der Waals surface area contributed by atoms with Crippen LogP contribution in [0.3, 0.4) is 0 Å². The first kappa shape index (κ1) is 14.6. The predicted molar refractivity (Wildman–Crippen MR) is 84.0 cm³/mol. The van der Waals surface area contributed by atoms with E-state index in [1.807, 2.05) is 36.4 Å². The van der Waals surface area contributed by atoms with E-state index < -0.39 is 17.8 Å². The van der Waals surface area contributed by atoms with Crippen molar-refractivity contribution in [3.8, 4) is 0 Å². The molecule has 1 aromatic carbocycles. The molecule has 1 fully saturated rings. The Morgan fingerprint density at radius 2 is 1.83 bits per heavy atom. The largest absolute Gasteiger partial charge is 0.550 e. The second kappa shape index (κ2) is 5.59. The van der Waals surface area contributed by atoms with Gasteiger partial charge in [0.2, 0.25) is 5.91 Å². The van der Waals surface area contributed by atoms with Crippen molar-refractivity contribution in [2.45, 2.75) is 6.42 Å². The van der Waals surface area contributed by atoms with Crippen molar-refractivity contribution >= 4 is 28.6 Å². The highest BCUT2D eigenvalue weighted by Crippen LogP contribution is 2.47. The number of fused-ring (bicyclic) bond motifs is 3. The van der Waals surface area contributed by atoms with Crippen LogP contribution in [0.4, 0.5) is 5.82 Å². The van der Waals surface area contributed by atoms with Gasteiger partial charge in [0.05, 0.1) is 11.4 Å². The van der Waals surface area contributed by atoms with Crippen molar-refractivity contribution in [3.05, 3.63) is 42.7 Å². The van der Waals surface area contributed by atoms with Crippen LogP contribution >= 0.6 is 0 Å². The van der Waals surface area contributed by atoms with E-state index >= 15 is 0 Å². The summed E-state index contributed by atoms with van der Waals surface area (Å²) in [6.45, 7) is 0. The Labute approximate surface area is 137 Å². The van der Waals surface area contributed by atoms with Crippen molar-refractivity contribution in [1.29, 1.82) is 0 Å². The summed E-state index contributed by atoms with van der Waals surface area (Å²) < 4.78 is 0. The monoisotopic (exact) mass is 323 g/mol. The summed E-state index contributed by atoms with van der Waals surface area (Å²) in [7, 11) is 0. The fourth-order valence-corrected chi connectivity index (χ4v) is 3.81. The van der Waals surface area contributed by atoms with E-state index in [4.69, 9.17) is 0 Å². The molecule has 2 aliphatic rings. The van der Waals surface area contributed by atoms with Crippen molar-refractivity contribution in [2.24, 2.45) is 23.7 Å². The molecule has 7 nitrogen and oxygen atoms in total. The van der Waals surface area contributed by atoms with E-state index in [2.05, 4.69) is 20.8 Å². The molecule has 2 N–H and O–H groups in total. The summed E-state index contributed by atoms with van der Waals surface area (Å²) in [5.74, 6) is -2.62. The first-order valence-electron chi connectivity index (χ1n) is 7.80. The van der Waals surface area contributed by atoms with E-state index in [0.29, 0.717) is 12.2 Å². The van der Waals surface area contributed by atoms with Gasteiger partial charge in [-0.3, -0.25) is 15.6 Å². The minimum atomic E-state index is -1.17. The minimum absolute atomic E-state index is 0.0538. The second-order valence-electron chi connectivity index (χ2n) is 6.17. The molecule has 24 heavy (non-hydrogen) atoms. The zero-order chi connectivity index (χ0) is 16.7. The number of hydrogen-bond donors (Lipinski definition) is 2. The fraction of sp³-hybridized carbons (Fsp3) is 0.294. The number of para-hydroxylation sites is 1. The van der Waals surface area contributed by atoms with Gasteiger partial charge in [-0.2, -0.15) is 0 Å². The number of rotatable bonds is 4. The molecule has 0 spiro atoms. The molecule has 1 amide bonds. The fourth-order valence-electron chi connectivity index (χ4n) is 3.81. The number of hydrogen-bond acceptors (Lipinski definition) is 6. The molecule has 2 bridgehead atoms. The number of carboxylic acid groups (broad SMARTS) is 1. The molecule has 0 aliphatic heterocycles. The van der Waals surface area contributed by atoms with E-state index in [1.165, 1.54) is 6.33 Å². The van der Waals surface area contributed by atoms with Crippen LogP contribution in [-0.4, -0.2) is 21.8 Å². The van der Waals surface area contributed by atoms with Gasteiger partial charge in [-0.05, 0) is 30.4 Å². The normalized spacial score (nSPS) is 27.3. The van der Waals surface area contributed by atoms with Crippen LogP contribution in [0, 0.1) is 23.7 Å². The molecule has 4 rings (SSSR count). The highest BCUT2D eigenvalue weighted by atomic mass is 16.4. The van der Waals surface area contributed by atoms with E-state index in [9.17, 15) is 14.7 Å². The molecule has 1 saturated carbocycles. The van der Waals surface area contributed by atoms with Gasteiger partial charge in [0.1, 0.15) is 6.33 Å².